The van der Waals surface area contributed by atoms with Crippen LogP contribution in [0.15, 0.2) is 59.0 Å². The minimum atomic E-state index is 0.0315. The number of oxazole rings is 1. The molecule has 3 aromatic rings. The van der Waals surface area contributed by atoms with Crippen LogP contribution in [0.4, 0.5) is 0 Å². The highest BCUT2D eigenvalue weighted by Gasteiger charge is 2.33. The summed E-state index contributed by atoms with van der Waals surface area (Å²) in [6.07, 6.45) is 4.60. The zero-order chi connectivity index (χ0) is 22.6. The van der Waals surface area contributed by atoms with Gasteiger partial charge in [-0.05, 0) is 49.8 Å². The van der Waals surface area contributed by atoms with Crippen molar-refractivity contribution < 1.29 is 14.0 Å². The number of rotatable bonds is 5. The van der Waals surface area contributed by atoms with Crippen molar-refractivity contribution in [1.29, 1.82) is 0 Å². The third kappa shape index (κ3) is 4.95. The molecule has 6 nitrogen and oxygen atoms in total. The summed E-state index contributed by atoms with van der Waals surface area (Å²) in [5.41, 5.74) is 2.92. The Hall–Kier alpha value is -3.15. The Morgan fingerprint density at radius 2 is 1.52 bits per heavy atom. The third-order valence-electron chi connectivity index (χ3n) is 7.13. The van der Waals surface area contributed by atoms with Gasteiger partial charge < -0.3 is 14.2 Å². The van der Waals surface area contributed by atoms with Crippen molar-refractivity contribution in [1.82, 2.24) is 14.8 Å². The number of para-hydroxylation sites is 2. The van der Waals surface area contributed by atoms with Crippen LogP contribution >= 0.6 is 0 Å². The number of carbonyl (C=O) groups excluding carboxylic acids is 2. The van der Waals surface area contributed by atoms with Crippen molar-refractivity contribution in [2.45, 2.75) is 44.4 Å². The molecule has 0 radical (unpaired) electrons. The minimum Gasteiger partial charge on any atom is -0.440 e. The van der Waals surface area contributed by atoms with Crippen LogP contribution < -0.4 is 0 Å². The lowest BCUT2D eigenvalue weighted by Gasteiger charge is -2.37. The lowest BCUT2D eigenvalue weighted by Crippen LogP contribution is -2.46. The normalized spacial score (nSPS) is 18.1. The van der Waals surface area contributed by atoms with Crippen molar-refractivity contribution in [3.8, 4) is 0 Å². The number of hydrogen-bond donors (Lipinski definition) is 0. The summed E-state index contributed by atoms with van der Waals surface area (Å²) in [4.78, 5) is 34.3. The molecule has 33 heavy (non-hydrogen) atoms. The number of likely N-dealkylation sites (tertiary alicyclic amines) is 2. The van der Waals surface area contributed by atoms with Crippen LogP contribution in [0, 0.1) is 5.92 Å². The van der Waals surface area contributed by atoms with Gasteiger partial charge in [-0.2, -0.15) is 0 Å². The Balaban J connectivity index is 1.08. The highest BCUT2D eigenvalue weighted by molar-refractivity contribution is 5.80. The van der Waals surface area contributed by atoms with Crippen LogP contribution in [-0.2, 0) is 16.0 Å². The first kappa shape index (κ1) is 21.7. The molecule has 0 saturated carbocycles. The summed E-state index contributed by atoms with van der Waals surface area (Å²) in [7, 11) is 0. The smallest absolute Gasteiger partial charge is 0.225 e. The molecule has 5 rings (SSSR count). The van der Waals surface area contributed by atoms with Gasteiger partial charge in [0.25, 0.3) is 0 Å². The average Bonchev–Trinajstić information content (AvgIpc) is 3.32. The SMILES string of the molecule is O=C(CCc1ccccc1)N1CCC(C(=O)N2CCC(c3nc4ccccc4o3)CC2)CC1. The Labute approximate surface area is 194 Å². The number of hydrogen-bond acceptors (Lipinski definition) is 4. The van der Waals surface area contributed by atoms with E-state index in [1.807, 2.05) is 52.3 Å². The van der Waals surface area contributed by atoms with Crippen LogP contribution in [0.3, 0.4) is 0 Å². The number of benzene rings is 2. The van der Waals surface area contributed by atoms with E-state index in [1.165, 1.54) is 5.56 Å². The van der Waals surface area contributed by atoms with Gasteiger partial charge in [0.2, 0.25) is 11.8 Å². The zero-order valence-electron chi connectivity index (χ0n) is 19.0. The molecule has 2 aliphatic heterocycles. The minimum absolute atomic E-state index is 0.0315. The van der Waals surface area contributed by atoms with Gasteiger partial charge in [0.1, 0.15) is 5.52 Å². The number of nitrogens with zero attached hydrogens (tertiary/aromatic N) is 3. The number of aryl methyl sites for hydroxylation is 1. The van der Waals surface area contributed by atoms with E-state index < -0.39 is 0 Å². The average molecular weight is 446 g/mol. The molecule has 0 spiro atoms. The molecular weight excluding hydrogens is 414 g/mol. The number of aromatic nitrogens is 1. The van der Waals surface area contributed by atoms with E-state index in [2.05, 4.69) is 17.1 Å². The summed E-state index contributed by atoms with van der Waals surface area (Å²) >= 11 is 0. The topological polar surface area (TPSA) is 66.7 Å². The summed E-state index contributed by atoms with van der Waals surface area (Å²) < 4.78 is 5.95. The van der Waals surface area contributed by atoms with E-state index in [1.54, 1.807) is 0 Å². The van der Waals surface area contributed by atoms with Crippen molar-refractivity contribution in [2.24, 2.45) is 5.92 Å². The first-order chi connectivity index (χ1) is 16.2. The van der Waals surface area contributed by atoms with Crippen molar-refractivity contribution in [3.63, 3.8) is 0 Å². The highest BCUT2D eigenvalue weighted by Crippen LogP contribution is 2.31. The van der Waals surface area contributed by atoms with E-state index >= 15 is 0 Å². The molecule has 0 atom stereocenters. The van der Waals surface area contributed by atoms with Crippen LogP contribution in [0.1, 0.15) is 49.5 Å². The van der Waals surface area contributed by atoms with Gasteiger partial charge in [-0.1, -0.05) is 42.5 Å². The Morgan fingerprint density at radius 1 is 0.848 bits per heavy atom. The molecule has 2 aromatic carbocycles. The maximum atomic E-state index is 13.1. The largest absolute Gasteiger partial charge is 0.440 e. The molecule has 0 unspecified atom stereocenters. The van der Waals surface area contributed by atoms with Crippen LogP contribution in [0.5, 0.6) is 0 Å². The van der Waals surface area contributed by atoms with Crippen LogP contribution in [0.25, 0.3) is 11.1 Å². The molecule has 1 aromatic heterocycles. The molecule has 0 N–H and O–H groups in total. The molecule has 6 heteroatoms. The van der Waals surface area contributed by atoms with Gasteiger partial charge in [0, 0.05) is 44.4 Å². The zero-order valence-corrected chi connectivity index (χ0v) is 19.0. The lowest BCUT2D eigenvalue weighted by atomic mass is 9.92. The second-order valence-electron chi connectivity index (χ2n) is 9.26. The van der Waals surface area contributed by atoms with Crippen LogP contribution in [-0.4, -0.2) is 52.8 Å². The van der Waals surface area contributed by atoms with Gasteiger partial charge >= 0.3 is 0 Å². The Morgan fingerprint density at radius 3 is 2.24 bits per heavy atom. The number of amides is 2. The second-order valence-corrected chi connectivity index (χ2v) is 9.26. The predicted octanol–water partition coefficient (Wildman–Crippen LogP) is 4.41. The molecule has 0 aliphatic carbocycles. The van der Waals surface area contributed by atoms with Crippen molar-refractivity contribution >= 4 is 22.9 Å². The molecule has 2 saturated heterocycles. The summed E-state index contributed by atoms with van der Waals surface area (Å²) in [5.74, 6) is 1.55. The van der Waals surface area contributed by atoms with Gasteiger partial charge in [0.15, 0.2) is 11.5 Å². The lowest BCUT2D eigenvalue weighted by molar-refractivity contribution is -0.141. The van der Waals surface area contributed by atoms with Crippen LogP contribution in [0.2, 0.25) is 0 Å². The monoisotopic (exact) mass is 445 g/mol. The number of piperidine rings is 2. The van der Waals surface area contributed by atoms with E-state index in [0.29, 0.717) is 19.5 Å². The molecule has 172 valence electrons. The van der Waals surface area contributed by atoms with E-state index in [-0.39, 0.29) is 23.7 Å². The molecule has 0 bridgehead atoms. The van der Waals surface area contributed by atoms with Gasteiger partial charge in [0.05, 0.1) is 0 Å². The van der Waals surface area contributed by atoms with Gasteiger partial charge in [-0.15, -0.1) is 0 Å². The van der Waals surface area contributed by atoms with E-state index in [4.69, 9.17) is 4.42 Å². The molecule has 2 fully saturated rings. The summed E-state index contributed by atoms with van der Waals surface area (Å²) in [5, 5.41) is 0. The van der Waals surface area contributed by atoms with E-state index in [9.17, 15) is 9.59 Å². The fourth-order valence-corrected chi connectivity index (χ4v) is 5.10. The summed E-state index contributed by atoms with van der Waals surface area (Å²) in [6, 6.07) is 18.0. The molecule has 3 heterocycles. The fraction of sp³-hybridized carbons (Fsp3) is 0.444. The predicted molar refractivity (Wildman–Crippen MR) is 127 cm³/mol. The van der Waals surface area contributed by atoms with Gasteiger partial charge in [-0.25, -0.2) is 4.98 Å². The first-order valence-electron chi connectivity index (χ1n) is 12.1. The Kier molecular flexibility index (Phi) is 6.42. The van der Waals surface area contributed by atoms with Crippen molar-refractivity contribution in [2.75, 3.05) is 26.2 Å². The maximum Gasteiger partial charge on any atom is 0.225 e. The van der Waals surface area contributed by atoms with Crippen molar-refractivity contribution in [3.05, 3.63) is 66.1 Å². The fourth-order valence-electron chi connectivity index (χ4n) is 5.10. The quantitative estimate of drug-likeness (QED) is 0.584. The Bertz CT molecular complexity index is 1060. The number of carbonyl (C=O) groups is 2. The summed E-state index contributed by atoms with van der Waals surface area (Å²) in [6.45, 7) is 2.86. The molecule has 2 aliphatic rings. The van der Waals surface area contributed by atoms with E-state index in [0.717, 1.165) is 62.2 Å². The first-order valence-corrected chi connectivity index (χ1v) is 12.1. The molecule has 2 amide bonds. The standard InChI is InChI=1S/C27H31N3O3/c31-25(11-10-20-6-2-1-3-7-20)29-16-14-22(15-17-29)27(32)30-18-12-21(13-19-30)26-28-23-8-4-5-9-24(23)33-26/h1-9,21-22H,10-19H2. The second kappa shape index (κ2) is 9.77. The highest BCUT2D eigenvalue weighted by atomic mass is 16.3. The third-order valence-corrected chi connectivity index (χ3v) is 7.13. The number of fused-ring (bicyclic) bond motifs is 1. The van der Waals surface area contributed by atoms with Gasteiger partial charge in [-0.3, -0.25) is 9.59 Å². The maximum absolute atomic E-state index is 13.1. The molecular formula is C27H31N3O3.